The largest absolute Gasteiger partial charge is 0.467 e. The molecule has 1 aromatic rings. The monoisotopic (exact) mass is 266 g/mol. The first-order valence-electron chi connectivity index (χ1n) is 6.86. The fraction of sp³-hybridized carbons (Fsp3) is 0.643. The number of nitrogens with one attached hydrogen (secondary N) is 1. The van der Waals surface area contributed by atoms with Gasteiger partial charge in [-0.05, 0) is 25.0 Å². The van der Waals surface area contributed by atoms with E-state index in [0.29, 0.717) is 13.1 Å². The molecule has 0 saturated heterocycles. The number of carbonyl (C=O) groups is 1. The molecule has 1 aromatic heterocycles. The van der Waals surface area contributed by atoms with Crippen LogP contribution in [-0.2, 0) is 6.54 Å². The standard InChI is InChI=1S/C14H22N2O3/c1-16(10-11-5-2-3-7-13(11)17)14(18)15-9-12-6-4-8-19-12/h4,6,8,11,13,17H,2-3,5,7,9-10H2,1H3,(H,15,18). The summed E-state index contributed by atoms with van der Waals surface area (Å²) in [6, 6.07) is 3.49. The van der Waals surface area contributed by atoms with E-state index in [-0.39, 0.29) is 18.1 Å². The summed E-state index contributed by atoms with van der Waals surface area (Å²) in [6.45, 7) is 0.995. The van der Waals surface area contributed by atoms with Crippen molar-refractivity contribution in [2.24, 2.45) is 5.92 Å². The van der Waals surface area contributed by atoms with E-state index in [1.807, 2.05) is 6.07 Å². The first kappa shape index (κ1) is 13.9. The summed E-state index contributed by atoms with van der Waals surface area (Å²) in [6.07, 6.45) is 5.40. The van der Waals surface area contributed by atoms with Crippen LogP contribution in [0.4, 0.5) is 4.79 Å². The van der Waals surface area contributed by atoms with E-state index >= 15 is 0 Å². The van der Waals surface area contributed by atoms with Crippen LogP contribution in [0.15, 0.2) is 22.8 Å². The number of aliphatic hydroxyl groups excluding tert-OH is 1. The van der Waals surface area contributed by atoms with Crippen molar-refractivity contribution in [3.05, 3.63) is 24.2 Å². The van der Waals surface area contributed by atoms with Crippen molar-refractivity contribution in [1.82, 2.24) is 10.2 Å². The molecule has 5 nitrogen and oxygen atoms in total. The lowest BCUT2D eigenvalue weighted by molar-refractivity contribution is 0.0564. The van der Waals surface area contributed by atoms with E-state index in [4.69, 9.17) is 4.42 Å². The van der Waals surface area contributed by atoms with Gasteiger partial charge in [0.15, 0.2) is 0 Å². The Morgan fingerprint density at radius 3 is 3.00 bits per heavy atom. The highest BCUT2D eigenvalue weighted by molar-refractivity contribution is 5.73. The van der Waals surface area contributed by atoms with Crippen LogP contribution >= 0.6 is 0 Å². The normalized spacial score (nSPS) is 23.1. The summed E-state index contributed by atoms with van der Waals surface area (Å²) >= 11 is 0. The van der Waals surface area contributed by atoms with E-state index in [1.54, 1.807) is 24.3 Å². The predicted octanol–water partition coefficient (Wildman–Crippen LogP) is 1.97. The van der Waals surface area contributed by atoms with E-state index in [2.05, 4.69) is 5.32 Å². The summed E-state index contributed by atoms with van der Waals surface area (Å²) in [5.74, 6) is 0.938. The topological polar surface area (TPSA) is 65.7 Å². The Kier molecular flexibility index (Phi) is 4.85. The molecule has 0 spiro atoms. The molecule has 0 bridgehead atoms. The van der Waals surface area contributed by atoms with Gasteiger partial charge in [-0.2, -0.15) is 0 Å². The van der Waals surface area contributed by atoms with Crippen molar-refractivity contribution in [2.45, 2.75) is 38.3 Å². The third kappa shape index (κ3) is 3.99. The predicted molar refractivity (Wildman–Crippen MR) is 71.5 cm³/mol. The first-order chi connectivity index (χ1) is 9.16. The van der Waals surface area contributed by atoms with Crippen LogP contribution in [0, 0.1) is 5.92 Å². The highest BCUT2D eigenvalue weighted by Gasteiger charge is 2.25. The zero-order chi connectivity index (χ0) is 13.7. The van der Waals surface area contributed by atoms with Crippen molar-refractivity contribution >= 4 is 6.03 Å². The molecule has 19 heavy (non-hydrogen) atoms. The Morgan fingerprint density at radius 1 is 1.53 bits per heavy atom. The van der Waals surface area contributed by atoms with E-state index in [1.165, 1.54) is 0 Å². The van der Waals surface area contributed by atoms with Crippen LogP contribution in [-0.4, -0.2) is 35.7 Å². The summed E-state index contributed by atoms with van der Waals surface area (Å²) in [5, 5.41) is 12.7. The van der Waals surface area contributed by atoms with Crippen molar-refractivity contribution in [3.8, 4) is 0 Å². The Bertz CT molecular complexity index is 391. The lowest BCUT2D eigenvalue weighted by Gasteiger charge is -2.31. The maximum Gasteiger partial charge on any atom is 0.317 e. The Labute approximate surface area is 113 Å². The minimum absolute atomic E-state index is 0.130. The average Bonchev–Trinajstić information content (AvgIpc) is 2.91. The molecule has 1 aliphatic carbocycles. The van der Waals surface area contributed by atoms with Crippen molar-refractivity contribution in [3.63, 3.8) is 0 Å². The van der Waals surface area contributed by atoms with E-state index < -0.39 is 0 Å². The molecule has 2 N–H and O–H groups in total. The third-order valence-corrected chi connectivity index (χ3v) is 3.72. The molecule has 5 heteroatoms. The molecule has 106 valence electrons. The molecule has 1 saturated carbocycles. The second-order valence-electron chi connectivity index (χ2n) is 5.23. The van der Waals surface area contributed by atoms with Gasteiger partial charge >= 0.3 is 6.03 Å². The second-order valence-corrected chi connectivity index (χ2v) is 5.23. The third-order valence-electron chi connectivity index (χ3n) is 3.72. The lowest BCUT2D eigenvalue weighted by Crippen LogP contribution is -2.42. The number of carbonyl (C=O) groups excluding carboxylic acids is 1. The highest BCUT2D eigenvalue weighted by atomic mass is 16.3. The van der Waals surface area contributed by atoms with Gasteiger partial charge in [0.2, 0.25) is 0 Å². The molecule has 0 aliphatic heterocycles. The minimum Gasteiger partial charge on any atom is -0.467 e. The van der Waals surface area contributed by atoms with Gasteiger partial charge in [-0.1, -0.05) is 12.8 Å². The number of hydrogen-bond acceptors (Lipinski definition) is 3. The zero-order valence-corrected chi connectivity index (χ0v) is 11.3. The van der Waals surface area contributed by atoms with Crippen molar-refractivity contribution in [2.75, 3.05) is 13.6 Å². The summed E-state index contributed by atoms with van der Waals surface area (Å²) in [4.78, 5) is 13.6. The van der Waals surface area contributed by atoms with Crippen molar-refractivity contribution in [1.29, 1.82) is 0 Å². The van der Waals surface area contributed by atoms with Gasteiger partial charge < -0.3 is 19.7 Å². The first-order valence-corrected chi connectivity index (χ1v) is 6.86. The zero-order valence-electron chi connectivity index (χ0n) is 11.3. The molecule has 1 aliphatic rings. The average molecular weight is 266 g/mol. The molecular weight excluding hydrogens is 244 g/mol. The maximum absolute atomic E-state index is 11.9. The summed E-state index contributed by atoms with van der Waals surface area (Å²) in [7, 11) is 1.76. The molecule has 1 heterocycles. The number of rotatable bonds is 4. The number of amides is 2. The quantitative estimate of drug-likeness (QED) is 0.875. The molecule has 0 aromatic carbocycles. The second kappa shape index (κ2) is 6.61. The van der Waals surface area contributed by atoms with Crippen LogP contribution in [0.5, 0.6) is 0 Å². The maximum atomic E-state index is 11.9. The number of aliphatic hydroxyl groups is 1. The Balaban J connectivity index is 1.75. The van der Waals surface area contributed by atoms with E-state index in [9.17, 15) is 9.90 Å². The van der Waals surface area contributed by atoms with Gasteiger partial charge in [0.1, 0.15) is 5.76 Å². The molecule has 1 fully saturated rings. The SMILES string of the molecule is CN(CC1CCCCC1O)C(=O)NCc1ccco1. The van der Waals surface area contributed by atoms with Crippen LogP contribution < -0.4 is 5.32 Å². The molecule has 2 atom stereocenters. The van der Waals surface area contributed by atoms with Crippen LogP contribution in [0.2, 0.25) is 0 Å². The molecule has 0 radical (unpaired) electrons. The Morgan fingerprint density at radius 2 is 2.32 bits per heavy atom. The van der Waals surface area contributed by atoms with Gasteiger partial charge in [-0.15, -0.1) is 0 Å². The van der Waals surface area contributed by atoms with Gasteiger partial charge in [0.25, 0.3) is 0 Å². The number of furan rings is 1. The fourth-order valence-electron chi connectivity index (χ4n) is 2.55. The number of hydrogen-bond donors (Lipinski definition) is 2. The van der Waals surface area contributed by atoms with Gasteiger partial charge in [0.05, 0.1) is 18.9 Å². The molecule has 2 unspecified atom stereocenters. The minimum atomic E-state index is -0.269. The summed E-state index contributed by atoms with van der Waals surface area (Å²) < 4.78 is 5.16. The van der Waals surface area contributed by atoms with Crippen LogP contribution in [0.1, 0.15) is 31.4 Å². The van der Waals surface area contributed by atoms with Crippen molar-refractivity contribution < 1.29 is 14.3 Å². The van der Waals surface area contributed by atoms with Crippen LogP contribution in [0.3, 0.4) is 0 Å². The van der Waals surface area contributed by atoms with Gasteiger partial charge in [-0.25, -0.2) is 4.79 Å². The van der Waals surface area contributed by atoms with Crippen LogP contribution in [0.25, 0.3) is 0 Å². The fourth-order valence-corrected chi connectivity index (χ4v) is 2.55. The van der Waals surface area contributed by atoms with Gasteiger partial charge in [-0.3, -0.25) is 0 Å². The smallest absolute Gasteiger partial charge is 0.317 e. The molecule has 2 rings (SSSR count). The van der Waals surface area contributed by atoms with Gasteiger partial charge in [0, 0.05) is 19.5 Å². The molecular formula is C14H22N2O3. The Hall–Kier alpha value is -1.49. The van der Waals surface area contributed by atoms with E-state index in [0.717, 1.165) is 31.4 Å². The molecule has 2 amide bonds. The lowest BCUT2D eigenvalue weighted by atomic mass is 9.86. The summed E-state index contributed by atoms with van der Waals surface area (Å²) in [5.41, 5.74) is 0. The number of nitrogens with zero attached hydrogens (tertiary/aromatic N) is 1. The highest BCUT2D eigenvalue weighted by Crippen LogP contribution is 2.24. The number of urea groups is 1.